The van der Waals surface area contributed by atoms with Crippen LogP contribution in [0.5, 0.6) is 0 Å². The van der Waals surface area contributed by atoms with Gasteiger partial charge in [-0.15, -0.1) is 0 Å². The Labute approximate surface area is 49.7 Å². The number of rotatable bonds is 1. The summed E-state index contributed by atoms with van der Waals surface area (Å²) in [5.74, 6) is 0.914. The first-order valence-corrected chi connectivity index (χ1v) is 3.37. The zero-order chi connectivity index (χ0) is 5.40. The summed E-state index contributed by atoms with van der Waals surface area (Å²) in [6.45, 7) is 2.16. The molecule has 1 saturated carbocycles. The standard InChI is InChI=1S/C6H11N2/c1-2-5(1)6-7-3-4-8-6/h5-7H,1-4H2. The largest absolute Gasteiger partial charge is 0.299 e. The topological polar surface area (TPSA) is 26.1 Å². The van der Waals surface area contributed by atoms with Crippen molar-refractivity contribution < 1.29 is 0 Å². The van der Waals surface area contributed by atoms with E-state index in [4.69, 9.17) is 0 Å². The van der Waals surface area contributed by atoms with E-state index < -0.39 is 0 Å². The highest BCUT2D eigenvalue weighted by atomic mass is 15.2. The van der Waals surface area contributed by atoms with Crippen LogP contribution < -0.4 is 10.6 Å². The van der Waals surface area contributed by atoms with E-state index in [1.807, 2.05) is 0 Å². The van der Waals surface area contributed by atoms with Gasteiger partial charge in [0.2, 0.25) is 0 Å². The summed E-state index contributed by atoms with van der Waals surface area (Å²) in [6, 6.07) is 0. The molecule has 2 heteroatoms. The molecule has 1 saturated heterocycles. The van der Waals surface area contributed by atoms with Gasteiger partial charge in [-0.3, -0.25) is 5.32 Å². The molecule has 2 nitrogen and oxygen atoms in total. The average molecular weight is 111 g/mol. The van der Waals surface area contributed by atoms with Crippen LogP contribution in [0.15, 0.2) is 0 Å². The van der Waals surface area contributed by atoms with Crippen LogP contribution >= 0.6 is 0 Å². The van der Waals surface area contributed by atoms with E-state index in [2.05, 4.69) is 10.6 Å². The van der Waals surface area contributed by atoms with Crippen molar-refractivity contribution in [2.24, 2.45) is 5.92 Å². The minimum Gasteiger partial charge on any atom is -0.299 e. The molecule has 1 N–H and O–H groups in total. The van der Waals surface area contributed by atoms with Crippen molar-refractivity contribution in [1.29, 1.82) is 0 Å². The summed E-state index contributed by atoms with van der Waals surface area (Å²) in [4.78, 5) is 0. The van der Waals surface area contributed by atoms with Crippen molar-refractivity contribution in [2.45, 2.75) is 19.0 Å². The highest BCUT2D eigenvalue weighted by Gasteiger charge is 2.33. The predicted octanol–water partition coefficient (Wildman–Crippen LogP) is -0.0699. The number of hydrogen-bond acceptors (Lipinski definition) is 1. The van der Waals surface area contributed by atoms with Crippen molar-refractivity contribution in [3.05, 3.63) is 0 Å². The fraction of sp³-hybridized carbons (Fsp3) is 1.00. The molecule has 1 atom stereocenters. The van der Waals surface area contributed by atoms with Gasteiger partial charge in [0, 0.05) is 13.1 Å². The molecule has 0 aromatic carbocycles. The zero-order valence-corrected chi connectivity index (χ0v) is 4.93. The molecule has 1 aliphatic carbocycles. The van der Waals surface area contributed by atoms with E-state index >= 15 is 0 Å². The quantitative estimate of drug-likeness (QED) is 0.503. The van der Waals surface area contributed by atoms with Gasteiger partial charge in [-0.1, -0.05) is 0 Å². The van der Waals surface area contributed by atoms with Crippen LogP contribution in [0.1, 0.15) is 12.8 Å². The fourth-order valence-electron chi connectivity index (χ4n) is 1.21. The second kappa shape index (κ2) is 1.71. The highest BCUT2D eigenvalue weighted by molar-refractivity contribution is 4.87. The van der Waals surface area contributed by atoms with E-state index in [1.54, 1.807) is 0 Å². The first kappa shape index (κ1) is 4.77. The number of hydrogen-bond donors (Lipinski definition) is 1. The van der Waals surface area contributed by atoms with E-state index in [0.717, 1.165) is 19.0 Å². The Balaban J connectivity index is 1.86. The van der Waals surface area contributed by atoms with Gasteiger partial charge in [0.15, 0.2) is 0 Å². The van der Waals surface area contributed by atoms with Crippen LogP contribution in [-0.4, -0.2) is 19.3 Å². The molecule has 2 rings (SSSR count). The highest BCUT2D eigenvalue weighted by Crippen LogP contribution is 2.32. The Kier molecular flexibility index (Phi) is 1.02. The lowest BCUT2D eigenvalue weighted by molar-refractivity contribution is 0.486. The van der Waals surface area contributed by atoms with Crippen LogP contribution in [-0.2, 0) is 0 Å². The SMILES string of the molecule is C1CNC(C2CC2)[N]1. The molecule has 0 bridgehead atoms. The molecule has 0 aromatic rings. The molecule has 1 heterocycles. The van der Waals surface area contributed by atoms with Crippen molar-refractivity contribution >= 4 is 0 Å². The third-order valence-corrected chi connectivity index (χ3v) is 1.86. The lowest BCUT2D eigenvalue weighted by Gasteiger charge is -2.04. The van der Waals surface area contributed by atoms with Crippen LogP contribution in [0.25, 0.3) is 0 Å². The van der Waals surface area contributed by atoms with Crippen LogP contribution in [0.2, 0.25) is 0 Å². The molecule has 2 aliphatic rings. The van der Waals surface area contributed by atoms with Crippen molar-refractivity contribution in [3.8, 4) is 0 Å². The monoisotopic (exact) mass is 111 g/mol. The van der Waals surface area contributed by atoms with E-state index in [1.165, 1.54) is 12.8 Å². The van der Waals surface area contributed by atoms with Crippen LogP contribution in [0.4, 0.5) is 0 Å². The van der Waals surface area contributed by atoms with Gasteiger partial charge in [0.1, 0.15) is 0 Å². The summed E-state index contributed by atoms with van der Waals surface area (Å²) in [5, 5.41) is 7.74. The Bertz CT molecular complexity index is 82.5. The molecular formula is C6H11N2. The zero-order valence-electron chi connectivity index (χ0n) is 4.93. The molecule has 0 spiro atoms. The van der Waals surface area contributed by atoms with Gasteiger partial charge in [0.05, 0.1) is 6.17 Å². The van der Waals surface area contributed by atoms with Gasteiger partial charge in [-0.25, -0.2) is 5.32 Å². The van der Waals surface area contributed by atoms with Crippen molar-refractivity contribution in [2.75, 3.05) is 13.1 Å². The smallest absolute Gasteiger partial charge is 0.0765 e. The molecule has 1 unspecified atom stereocenters. The van der Waals surface area contributed by atoms with Gasteiger partial charge >= 0.3 is 0 Å². The van der Waals surface area contributed by atoms with Gasteiger partial charge < -0.3 is 0 Å². The average Bonchev–Trinajstić information content (AvgIpc) is 2.49. The molecule has 0 amide bonds. The molecule has 1 aliphatic heterocycles. The van der Waals surface area contributed by atoms with Gasteiger partial charge in [0.25, 0.3) is 0 Å². The second-order valence-electron chi connectivity index (χ2n) is 2.64. The van der Waals surface area contributed by atoms with E-state index in [-0.39, 0.29) is 0 Å². The van der Waals surface area contributed by atoms with Gasteiger partial charge in [-0.05, 0) is 18.8 Å². The Morgan fingerprint density at radius 2 is 2.25 bits per heavy atom. The molecule has 0 aromatic heterocycles. The molecular weight excluding hydrogens is 100 g/mol. The van der Waals surface area contributed by atoms with Crippen molar-refractivity contribution in [1.82, 2.24) is 10.6 Å². The minimum absolute atomic E-state index is 0.551. The Morgan fingerprint density at radius 3 is 2.75 bits per heavy atom. The summed E-state index contributed by atoms with van der Waals surface area (Å²) in [7, 11) is 0. The van der Waals surface area contributed by atoms with E-state index in [9.17, 15) is 0 Å². The first-order valence-electron chi connectivity index (χ1n) is 3.37. The van der Waals surface area contributed by atoms with Crippen molar-refractivity contribution in [3.63, 3.8) is 0 Å². The minimum atomic E-state index is 0.551. The maximum atomic E-state index is 4.39. The van der Waals surface area contributed by atoms with E-state index in [0.29, 0.717) is 6.17 Å². The lowest BCUT2D eigenvalue weighted by Crippen LogP contribution is -2.28. The fourth-order valence-corrected chi connectivity index (χ4v) is 1.21. The first-order chi connectivity index (χ1) is 3.97. The number of nitrogens with zero attached hydrogens (tertiary/aromatic N) is 1. The van der Waals surface area contributed by atoms with Gasteiger partial charge in [-0.2, -0.15) is 0 Å². The second-order valence-corrected chi connectivity index (χ2v) is 2.64. The summed E-state index contributed by atoms with van der Waals surface area (Å²) in [6.07, 6.45) is 3.36. The third kappa shape index (κ3) is 0.740. The summed E-state index contributed by atoms with van der Waals surface area (Å²) < 4.78 is 0. The van der Waals surface area contributed by atoms with Crippen LogP contribution in [0, 0.1) is 5.92 Å². The number of nitrogens with one attached hydrogen (secondary N) is 1. The lowest BCUT2D eigenvalue weighted by atomic mass is 10.3. The molecule has 8 heavy (non-hydrogen) atoms. The maximum Gasteiger partial charge on any atom is 0.0765 e. The molecule has 45 valence electrons. The maximum absolute atomic E-state index is 4.39. The summed E-state index contributed by atoms with van der Waals surface area (Å²) >= 11 is 0. The molecule has 1 radical (unpaired) electrons. The Morgan fingerprint density at radius 1 is 1.38 bits per heavy atom. The third-order valence-electron chi connectivity index (χ3n) is 1.86. The predicted molar refractivity (Wildman–Crippen MR) is 31.5 cm³/mol. The Hall–Kier alpha value is -0.0800. The summed E-state index contributed by atoms with van der Waals surface area (Å²) in [5.41, 5.74) is 0. The molecule has 2 fully saturated rings. The van der Waals surface area contributed by atoms with Crippen LogP contribution in [0.3, 0.4) is 0 Å². The normalized spacial score (nSPS) is 31.5.